The van der Waals surface area contributed by atoms with Gasteiger partial charge in [-0.1, -0.05) is 6.92 Å². The fraction of sp³-hybridized carbons (Fsp3) is 0.727. The van der Waals surface area contributed by atoms with Crippen molar-refractivity contribution in [3.63, 3.8) is 0 Å². The summed E-state index contributed by atoms with van der Waals surface area (Å²) in [4.78, 5) is 6.87. The zero-order valence-electron chi connectivity index (χ0n) is 9.56. The minimum atomic E-state index is 0.234. The second-order valence-electron chi connectivity index (χ2n) is 4.33. The van der Waals surface area contributed by atoms with Crippen LogP contribution in [0.2, 0.25) is 0 Å². The Hall–Kier alpha value is -0.870. The van der Waals surface area contributed by atoms with Gasteiger partial charge in [-0.25, -0.2) is 4.98 Å². The molecule has 0 aliphatic carbocycles. The van der Waals surface area contributed by atoms with Crippen LogP contribution in [0.25, 0.3) is 0 Å². The van der Waals surface area contributed by atoms with Crippen LogP contribution in [-0.2, 0) is 7.05 Å². The van der Waals surface area contributed by atoms with Gasteiger partial charge in [0.05, 0.1) is 6.04 Å². The second kappa shape index (κ2) is 4.33. The van der Waals surface area contributed by atoms with Crippen LogP contribution in [0.15, 0.2) is 12.4 Å². The van der Waals surface area contributed by atoms with Crippen molar-refractivity contribution in [1.82, 2.24) is 14.5 Å². The number of aryl methyl sites for hydroxylation is 1. The maximum absolute atomic E-state index is 6.16. The van der Waals surface area contributed by atoms with Gasteiger partial charge in [0.1, 0.15) is 5.82 Å². The van der Waals surface area contributed by atoms with Crippen LogP contribution in [-0.4, -0.2) is 33.6 Å². The molecule has 0 bridgehead atoms. The molecular weight excluding hydrogens is 188 g/mol. The van der Waals surface area contributed by atoms with Gasteiger partial charge in [-0.15, -0.1) is 0 Å². The number of aromatic nitrogens is 2. The van der Waals surface area contributed by atoms with Crippen molar-refractivity contribution < 1.29 is 0 Å². The first-order valence-corrected chi connectivity index (χ1v) is 5.71. The SMILES string of the molecule is CCCN1CC[C@@H](N)[C@@H]1c1nccn1C. The third kappa shape index (κ3) is 1.92. The molecule has 4 nitrogen and oxygen atoms in total. The minimum absolute atomic E-state index is 0.234. The van der Waals surface area contributed by atoms with Crippen molar-refractivity contribution in [2.24, 2.45) is 12.8 Å². The Morgan fingerprint density at radius 3 is 3.00 bits per heavy atom. The molecule has 1 aromatic heterocycles. The van der Waals surface area contributed by atoms with Crippen LogP contribution >= 0.6 is 0 Å². The monoisotopic (exact) mass is 208 g/mol. The Labute approximate surface area is 91.1 Å². The third-order valence-electron chi connectivity index (χ3n) is 3.18. The lowest BCUT2D eigenvalue weighted by Crippen LogP contribution is -2.34. The Kier molecular flexibility index (Phi) is 3.07. The summed E-state index contributed by atoms with van der Waals surface area (Å²) in [5.74, 6) is 1.11. The lowest BCUT2D eigenvalue weighted by Gasteiger charge is -2.25. The zero-order chi connectivity index (χ0) is 10.8. The second-order valence-corrected chi connectivity index (χ2v) is 4.33. The van der Waals surface area contributed by atoms with E-state index in [1.54, 1.807) is 0 Å². The molecular formula is C11H20N4. The van der Waals surface area contributed by atoms with Gasteiger partial charge in [-0.05, 0) is 19.4 Å². The van der Waals surface area contributed by atoms with Crippen LogP contribution < -0.4 is 5.73 Å². The molecule has 0 spiro atoms. The van der Waals surface area contributed by atoms with Crippen LogP contribution in [0.1, 0.15) is 31.6 Å². The summed E-state index contributed by atoms with van der Waals surface area (Å²) in [6.07, 6.45) is 6.10. The predicted octanol–water partition coefficient (Wildman–Crippen LogP) is 0.904. The maximum atomic E-state index is 6.16. The minimum Gasteiger partial charge on any atom is -0.337 e. The number of nitrogens with two attached hydrogens (primary N) is 1. The highest BCUT2D eigenvalue weighted by Crippen LogP contribution is 2.29. The van der Waals surface area contributed by atoms with E-state index in [1.807, 2.05) is 19.4 Å². The number of likely N-dealkylation sites (tertiary alicyclic amines) is 1. The molecule has 0 aromatic carbocycles. The largest absolute Gasteiger partial charge is 0.337 e. The van der Waals surface area contributed by atoms with Crippen molar-refractivity contribution in [3.05, 3.63) is 18.2 Å². The third-order valence-corrected chi connectivity index (χ3v) is 3.18. The van der Waals surface area contributed by atoms with Gasteiger partial charge < -0.3 is 10.3 Å². The first-order valence-electron chi connectivity index (χ1n) is 5.71. The Balaban J connectivity index is 2.21. The summed E-state index contributed by atoms with van der Waals surface area (Å²) in [5, 5.41) is 0. The lowest BCUT2D eigenvalue weighted by atomic mass is 10.1. The molecule has 84 valence electrons. The van der Waals surface area contributed by atoms with Gasteiger partial charge in [-0.2, -0.15) is 0 Å². The highest BCUT2D eigenvalue weighted by atomic mass is 15.2. The number of nitrogens with zero attached hydrogens (tertiary/aromatic N) is 3. The van der Waals surface area contributed by atoms with E-state index >= 15 is 0 Å². The Morgan fingerprint density at radius 2 is 2.40 bits per heavy atom. The molecule has 15 heavy (non-hydrogen) atoms. The van der Waals surface area contributed by atoms with Crippen molar-refractivity contribution in [3.8, 4) is 0 Å². The van der Waals surface area contributed by atoms with Crippen LogP contribution in [0, 0.1) is 0 Å². The van der Waals surface area contributed by atoms with Crippen molar-refractivity contribution >= 4 is 0 Å². The molecule has 1 aromatic rings. The summed E-state index contributed by atoms with van der Waals surface area (Å²) in [7, 11) is 2.04. The molecule has 2 rings (SSSR count). The highest BCUT2D eigenvalue weighted by Gasteiger charge is 2.34. The molecule has 1 aliphatic rings. The van der Waals surface area contributed by atoms with Gasteiger partial charge in [0.2, 0.25) is 0 Å². The molecule has 0 amide bonds. The predicted molar refractivity (Wildman–Crippen MR) is 60.4 cm³/mol. The topological polar surface area (TPSA) is 47.1 Å². The fourth-order valence-corrected chi connectivity index (χ4v) is 2.44. The van der Waals surface area contributed by atoms with E-state index in [1.165, 1.54) is 6.42 Å². The van der Waals surface area contributed by atoms with Gasteiger partial charge >= 0.3 is 0 Å². The van der Waals surface area contributed by atoms with Gasteiger partial charge in [0.25, 0.3) is 0 Å². The summed E-state index contributed by atoms with van der Waals surface area (Å²) in [6, 6.07) is 0.544. The molecule has 1 aliphatic heterocycles. The van der Waals surface area contributed by atoms with Crippen molar-refractivity contribution in [2.75, 3.05) is 13.1 Å². The van der Waals surface area contributed by atoms with Crippen molar-refractivity contribution in [1.29, 1.82) is 0 Å². The maximum Gasteiger partial charge on any atom is 0.127 e. The first kappa shape index (κ1) is 10.6. The molecule has 2 N–H and O–H groups in total. The summed E-state index contributed by atoms with van der Waals surface area (Å²) >= 11 is 0. The molecule has 2 atom stereocenters. The molecule has 4 heteroatoms. The molecule has 0 saturated carbocycles. The standard InChI is InChI=1S/C11H20N4/c1-3-6-15-7-4-9(12)10(15)11-13-5-8-14(11)2/h5,8-10H,3-4,6-7,12H2,1-2H3/t9-,10-/m1/s1. The zero-order valence-corrected chi connectivity index (χ0v) is 9.56. The van der Waals surface area contributed by atoms with Crippen LogP contribution in [0.4, 0.5) is 0 Å². The number of hydrogen-bond acceptors (Lipinski definition) is 3. The Bertz CT molecular complexity index is 318. The van der Waals surface area contributed by atoms with Gasteiger partial charge in [0.15, 0.2) is 0 Å². The van der Waals surface area contributed by atoms with E-state index in [4.69, 9.17) is 5.73 Å². The molecule has 0 unspecified atom stereocenters. The summed E-state index contributed by atoms with van der Waals surface area (Å²) < 4.78 is 2.08. The summed E-state index contributed by atoms with van der Waals surface area (Å²) in [6.45, 7) is 4.43. The number of rotatable bonds is 3. The van der Waals surface area contributed by atoms with E-state index in [0.717, 1.165) is 25.3 Å². The first-order chi connectivity index (χ1) is 7.24. The Morgan fingerprint density at radius 1 is 1.60 bits per heavy atom. The van der Waals surface area contributed by atoms with E-state index in [0.29, 0.717) is 6.04 Å². The van der Waals surface area contributed by atoms with E-state index in [-0.39, 0.29) is 6.04 Å². The quantitative estimate of drug-likeness (QED) is 0.803. The smallest absolute Gasteiger partial charge is 0.127 e. The molecule has 1 fully saturated rings. The van der Waals surface area contributed by atoms with Crippen LogP contribution in [0.5, 0.6) is 0 Å². The average molecular weight is 208 g/mol. The average Bonchev–Trinajstić information content (AvgIpc) is 2.75. The van der Waals surface area contributed by atoms with E-state index in [2.05, 4.69) is 21.4 Å². The molecule has 1 saturated heterocycles. The van der Waals surface area contributed by atoms with Gasteiger partial charge in [0, 0.05) is 32.0 Å². The number of imidazole rings is 1. The molecule has 0 radical (unpaired) electrons. The number of hydrogen-bond donors (Lipinski definition) is 1. The summed E-state index contributed by atoms with van der Waals surface area (Å²) in [5.41, 5.74) is 6.16. The fourth-order valence-electron chi connectivity index (χ4n) is 2.44. The van der Waals surface area contributed by atoms with Crippen LogP contribution in [0.3, 0.4) is 0 Å². The van der Waals surface area contributed by atoms with E-state index in [9.17, 15) is 0 Å². The van der Waals surface area contributed by atoms with E-state index < -0.39 is 0 Å². The lowest BCUT2D eigenvalue weighted by molar-refractivity contribution is 0.236. The van der Waals surface area contributed by atoms with Crippen molar-refractivity contribution in [2.45, 2.75) is 31.8 Å². The normalized spacial score (nSPS) is 27.4. The van der Waals surface area contributed by atoms with Gasteiger partial charge in [-0.3, -0.25) is 4.90 Å². The highest BCUT2D eigenvalue weighted by molar-refractivity contribution is 5.06. The molecule has 2 heterocycles.